The summed E-state index contributed by atoms with van der Waals surface area (Å²) in [6.45, 7) is -0.0329. The fourth-order valence-electron chi connectivity index (χ4n) is 3.87. The maximum atomic E-state index is 13.7. The quantitative estimate of drug-likeness (QED) is 0.609. The molecule has 1 aromatic heterocycles. The molecule has 34 heavy (non-hydrogen) atoms. The Morgan fingerprint density at radius 1 is 1.21 bits per heavy atom. The molecular formula is C21H15Cl2F3N4O4. The van der Waals surface area contributed by atoms with Crippen LogP contribution in [0.15, 0.2) is 30.5 Å². The van der Waals surface area contributed by atoms with Crippen molar-refractivity contribution in [3.05, 3.63) is 62.9 Å². The average molecular weight is 515 g/mol. The van der Waals surface area contributed by atoms with E-state index in [0.29, 0.717) is 5.56 Å². The minimum Gasteiger partial charge on any atom is -0.335 e. The second-order valence-electron chi connectivity index (χ2n) is 7.74. The number of amides is 4. The number of hydrogen-bond acceptors (Lipinski definition) is 5. The van der Waals surface area contributed by atoms with E-state index in [2.05, 4.69) is 10.3 Å². The normalized spacial score (nSPS) is 19.0. The van der Waals surface area contributed by atoms with Gasteiger partial charge in [-0.3, -0.25) is 29.5 Å². The number of hydrogen-bond donors (Lipinski definition) is 2. The first-order valence-electron chi connectivity index (χ1n) is 9.92. The molecule has 0 bridgehead atoms. The fraction of sp³-hybridized carbons (Fsp3) is 0.286. The van der Waals surface area contributed by atoms with Gasteiger partial charge in [0.25, 0.3) is 11.8 Å². The van der Waals surface area contributed by atoms with E-state index in [4.69, 9.17) is 23.2 Å². The number of pyridine rings is 1. The molecule has 1 fully saturated rings. The van der Waals surface area contributed by atoms with Gasteiger partial charge in [-0.05, 0) is 36.2 Å². The number of alkyl halides is 3. The van der Waals surface area contributed by atoms with Crippen molar-refractivity contribution in [2.75, 3.05) is 0 Å². The Morgan fingerprint density at radius 2 is 1.94 bits per heavy atom. The molecule has 8 nitrogen and oxygen atoms in total. The summed E-state index contributed by atoms with van der Waals surface area (Å²) in [4.78, 5) is 53.8. The summed E-state index contributed by atoms with van der Waals surface area (Å²) in [5.41, 5.74) is -0.159. The number of rotatable bonds is 4. The van der Waals surface area contributed by atoms with Crippen molar-refractivity contribution in [2.45, 2.75) is 37.6 Å². The molecule has 13 heteroatoms. The molecule has 2 aromatic rings. The summed E-state index contributed by atoms with van der Waals surface area (Å²) in [6, 6.07) is 1.54. The number of nitrogens with zero attached hydrogens (tertiary/aromatic N) is 2. The lowest BCUT2D eigenvalue weighted by Gasteiger charge is -2.29. The smallest absolute Gasteiger partial charge is 0.335 e. The van der Waals surface area contributed by atoms with Crippen LogP contribution < -0.4 is 10.6 Å². The standard InChI is InChI=1S/C21H15Cl2F3N4O4/c22-11-6-13(23)16(27-7-11)17(21(24,25)26)29-18(32)9-1-2-12-10(5-9)8-30(20(12)34)14-3-4-15(31)28-19(14)33/h1-2,5-7,14,17H,3-4,8H2,(H,29,32)(H,28,31,33)/t14-,17+/m0/s1. The number of halogens is 5. The summed E-state index contributed by atoms with van der Waals surface area (Å²) in [6.07, 6.45) is -3.70. The van der Waals surface area contributed by atoms with Crippen molar-refractivity contribution in [3.8, 4) is 0 Å². The van der Waals surface area contributed by atoms with Crippen molar-refractivity contribution in [3.63, 3.8) is 0 Å². The van der Waals surface area contributed by atoms with Crippen molar-refractivity contribution in [1.29, 1.82) is 0 Å². The van der Waals surface area contributed by atoms with Gasteiger partial charge >= 0.3 is 6.18 Å². The summed E-state index contributed by atoms with van der Waals surface area (Å²) in [7, 11) is 0. The third-order valence-electron chi connectivity index (χ3n) is 5.50. The molecule has 4 rings (SSSR count). The molecule has 3 heterocycles. The van der Waals surface area contributed by atoms with Crippen LogP contribution in [-0.4, -0.2) is 45.7 Å². The number of benzene rings is 1. The number of aromatic nitrogens is 1. The highest BCUT2D eigenvalue weighted by molar-refractivity contribution is 6.34. The second kappa shape index (κ2) is 8.88. The Morgan fingerprint density at radius 3 is 2.59 bits per heavy atom. The monoisotopic (exact) mass is 514 g/mol. The maximum Gasteiger partial charge on any atom is 0.414 e. The minimum absolute atomic E-state index is 0.0323. The predicted octanol–water partition coefficient (Wildman–Crippen LogP) is 3.18. The van der Waals surface area contributed by atoms with E-state index in [1.165, 1.54) is 23.1 Å². The van der Waals surface area contributed by atoms with Crippen molar-refractivity contribution >= 4 is 46.8 Å². The molecule has 0 aliphatic carbocycles. The van der Waals surface area contributed by atoms with Gasteiger partial charge in [0.05, 0.1) is 15.7 Å². The largest absolute Gasteiger partial charge is 0.414 e. The first-order valence-corrected chi connectivity index (χ1v) is 10.7. The highest BCUT2D eigenvalue weighted by Gasteiger charge is 2.44. The van der Waals surface area contributed by atoms with E-state index >= 15 is 0 Å². The van der Waals surface area contributed by atoms with Crippen LogP contribution in [0, 0.1) is 0 Å². The number of fused-ring (bicyclic) bond motifs is 1. The molecule has 2 aliphatic rings. The van der Waals surface area contributed by atoms with E-state index in [-0.39, 0.29) is 40.6 Å². The van der Waals surface area contributed by atoms with Gasteiger partial charge < -0.3 is 10.2 Å². The predicted molar refractivity (Wildman–Crippen MR) is 113 cm³/mol. The lowest BCUT2D eigenvalue weighted by Crippen LogP contribution is -2.52. The molecular weight excluding hydrogens is 500 g/mol. The van der Waals surface area contributed by atoms with Crippen LogP contribution >= 0.6 is 23.2 Å². The Hall–Kier alpha value is -3.18. The van der Waals surface area contributed by atoms with Crippen LogP contribution in [0.3, 0.4) is 0 Å². The van der Waals surface area contributed by atoms with Crippen LogP contribution in [0.5, 0.6) is 0 Å². The molecule has 0 unspecified atom stereocenters. The van der Waals surface area contributed by atoms with E-state index in [0.717, 1.165) is 12.3 Å². The molecule has 2 aliphatic heterocycles. The summed E-state index contributed by atoms with van der Waals surface area (Å²) < 4.78 is 41.1. The zero-order valence-corrected chi connectivity index (χ0v) is 18.6. The molecule has 2 atom stereocenters. The molecule has 178 valence electrons. The zero-order valence-electron chi connectivity index (χ0n) is 17.1. The van der Waals surface area contributed by atoms with Gasteiger partial charge in [-0.2, -0.15) is 13.2 Å². The third-order valence-corrected chi connectivity index (χ3v) is 6.01. The topological polar surface area (TPSA) is 108 Å². The van der Waals surface area contributed by atoms with Crippen molar-refractivity contribution in [2.24, 2.45) is 0 Å². The summed E-state index contributed by atoms with van der Waals surface area (Å²) >= 11 is 11.6. The second-order valence-corrected chi connectivity index (χ2v) is 8.58. The molecule has 0 spiro atoms. The Balaban J connectivity index is 1.56. The molecule has 2 N–H and O–H groups in total. The highest BCUT2D eigenvalue weighted by atomic mass is 35.5. The molecule has 4 amide bonds. The highest BCUT2D eigenvalue weighted by Crippen LogP contribution is 2.36. The summed E-state index contributed by atoms with van der Waals surface area (Å²) in [5.74, 6) is -2.57. The maximum absolute atomic E-state index is 13.7. The molecule has 1 aromatic carbocycles. The van der Waals surface area contributed by atoms with Crippen LogP contribution in [0.4, 0.5) is 13.2 Å². The van der Waals surface area contributed by atoms with Crippen molar-refractivity contribution in [1.82, 2.24) is 20.5 Å². The number of imide groups is 1. The van der Waals surface area contributed by atoms with E-state index < -0.39 is 47.6 Å². The van der Waals surface area contributed by atoms with E-state index in [1.807, 2.05) is 5.32 Å². The van der Waals surface area contributed by atoms with E-state index in [9.17, 15) is 32.3 Å². The van der Waals surface area contributed by atoms with Crippen molar-refractivity contribution < 1.29 is 32.3 Å². The molecule has 1 saturated heterocycles. The van der Waals surface area contributed by atoms with Gasteiger partial charge in [0, 0.05) is 30.3 Å². The number of carbonyl (C=O) groups excluding carboxylic acids is 4. The molecule has 0 radical (unpaired) electrons. The van der Waals surface area contributed by atoms with Crippen LogP contribution in [0.2, 0.25) is 10.0 Å². The number of piperidine rings is 1. The number of carbonyl (C=O) groups is 4. The average Bonchev–Trinajstić information content (AvgIpc) is 3.07. The third kappa shape index (κ3) is 4.58. The van der Waals surface area contributed by atoms with Crippen LogP contribution in [0.1, 0.15) is 50.9 Å². The van der Waals surface area contributed by atoms with Crippen LogP contribution in [0.25, 0.3) is 0 Å². The Labute approximate surface area is 200 Å². The van der Waals surface area contributed by atoms with E-state index in [1.54, 1.807) is 0 Å². The first kappa shape index (κ1) is 24.0. The van der Waals surface area contributed by atoms with Gasteiger partial charge in [-0.1, -0.05) is 23.2 Å². The SMILES string of the molecule is O=C1CC[C@H](N2Cc3cc(C(=O)N[C@H](c4ncc(Cl)cc4Cl)C(F)(F)F)ccc3C2=O)C(=O)N1. The van der Waals surface area contributed by atoms with Gasteiger partial charge in [0.15, 0.2) is 6.04 Å². The Kier molecular flexibility index (Phi) is 6.26. The van der Waals surface area contributed by atoms with Gasteiger partial charge in [-0.25, -0.2) is 0 Å². The number of nitrogens with one attached hydrogen (secondary N) is 2. The van der Waals surface area contributed by atoms with Gasteiger partial charge in [0.1, 0.15) is 6.04 Å². The summed E-state index contributed by atoms with van der Waals surface area (Å²) in [5, 5.41) is 3.73. The first-order chi connectivity index (χ1) is 16.0. The van der Waals surface area contributed by atoms with Crippen LogP contribution in [-0.2, 0) is 16.1 Å². The minimum atomic E-state index is -4.91. The van der Waals surface area contributed by atoms with Gasteiger partial charge in [-0.15, -0.1) is 0 Å². The Bertz CT molecular complexity index is 1220. The lowest BCUT2D eigenvalue weighted by molar-refractivity contribution is -0.156. The molecule has 0 saturated carbocycles. The zero-order chi connectivity index (χ0) is 24.8. The lowest BCUT2D eigenvalue weighted by atomic mass is 10.0. The van der Waals surface area contributed by atoms with Gasteiger partial charge in [0.2, 0.25) is 11.8 Å². The fourth-order valence-corrected chi connectivity index (χ4v) is 4.36.